The van der Waals surface area contributed by atoms with E-state index in [1.807, 2.05) is 61.4 Å². The summed E-state index contributed by atoms with van der Waals surface area (Å²) in [6.45, 7) is 7.30. The predicted molar refractivity (Wildman–Crippen MR) is 142 cm³/mol. The maximum atomic E-state index is 14.0. The molecule has 2 N–H and O–H groups in total. The van der Waals surface area contributed by atoms with Gasteiger partial charge in [-0.25, -0.2) is 9.37 Å². The van der Waals surface area contributed by atoms with Crippen LogP contribution in [0.5, 0.6) is 0 Å². The average molecular weight is 494 g/mol. The molecule has 0 spiro atoms. The molecule has 192 valence electrons. The first-order valence-electron chi connectivity index (χ1n) is 12.5. The molecule has 2 aromatic rings. The van der Waals surface area contributed by atoms with Gasteiger partial charge in [0.2, 0.25) is 0 Å². The predicted octanol–water partition coefficient (Wildman–Crippen LogP) is 5.04. The van der Waals surface area contributed by atoms with E-state index in [9.17, 15) is 9.18 Å². The lowest BCUT2D eigenvalue weighted by Gasteiger charge is -2.31. The second-order valence-electron chi connectivity index (χ2n) is 8.62. The SMILES string of the molecule is C/C=C\C(NC(=O)c1ncc(/C(C)=C/N(Cc2cccnc2)/N=C\CC)[nH]1)=C(/CF)N1CCCCC1. The maximum absolute atomic E-state index is 14.0. The van der Waals surface area contributed by atoms with E-state index in [4.69, 9.17) is 0 Å². The van der Waals surface area contributed by atoms with Crippen LogP contribution in [0.2, 0.25) is 0 Å². The summed E-state index contributed by atoms with van der Waals surface area (Å²) in [5, 5.41) is 9.20. The number of alkyl halides is 1. The molecule has 2 aromatic heterocycles. The van der Waals surface area contributed by atoms with Crippen LogP contribution in [0.4, 0.5) is 4.39 Å². The molecule has 0 aromatic carbocycles. The zero-order chi connectivity index (χ0) is 25.8. The van der Waals surface area contributed by atoms with Crippen LogP contribution in [0, 0.1) is 0 Å². The molecule has 0 saturated carbocycles. The standard InChI is InChI=1S/C27H36FN7O/c1-4-10-23(25(16-28)34-14-7-6-8-15-34)33-27(36)26-30-18-24(32-26)21(3)19-35(31-12-5-2)20-22-11-9-13-29-17-22/h4,9-13,17-19H,5-8,14-16,20H2,1-3H3,(H,30,32)(H,33,36)/b10-4-,21-19+,25-23-,31-12-. The summed E-state index contributed by atoms with van der Waals surface area (Å²) in [5.74, 6) is -0.256. The van der Waals surface area contributed by atoms with Crippen molar-refractivity contribution in [1.29, 1.82) is 0 Å². The first-order chi connectivity index (χ1) is 17.5. The number of aromatic amines is 1. The van der Waals surface area contributed by atoms with E-state index >= 15 is 0 Å². The van der Waals surface area contributed by atoms with Crippen LogP contribution in [-0.2, 0) is 6.54 Å². The Labute approximate surface area is 212 Å². The van der Waals surface area contributed by atoms with Gasteiger partial charge in [-0.15, -0.1) is 0 Å². The van der Waals surface area contributed by atoms with Crippen molar-refractivity contribution in [3.8, 4) is 0 Å². The molecule has 0 radical (unpaired) electrons. The number of nitrogens with one attached hydrogen (secondary N) is 2. The third-order valence-corrected chi connectivity index (χ3v) is 5.80. The fourth-order valence-electron chi connectivity index (χ4n) is 3.96. The molecule has 3 heterocycles. The highest BCUT2D eigenvalue weighted by molar-refractivity contribution is 5.92. The van der Waals surface area contributed by atoms with Gasteiger partial charge in [-0.3, -0.25) is 14.8 Å². The van der Waals surface area contributed by atoms with Gasteiger partial charge in [0.15, 0.2) is 5.82 Å². The molecule has 36 heavy (non-hydrogen) atoms. The van der Waals surface area contributed by atoms with Crippen LogP contribution in [-0.4, -0.2) is 56.7 Å². The Morgan fingerprint density at radius 3 is 2.78 bits per heavy atom. The fraction of sp³-hybridized carbons (Fsp3) is 0.407. The average Bonchev–Trinajstić information content (AvgIpc) is 3.40. The summed E-state index contributed by atoms with van der Waals surface area (Å²) in [5.41, 5.74) is 3.56. The summed E-state index contributed by atoms with van der Waals surface area (Å²) in [4.78, 5) is 26.5. The highest BCUT2D eigenvalue weighted by Gasteiger charge is 2.19. The number of pyridine rings is 1. The molecule has 1 aliphatic rings. The number of imidazole rings is 1. The summed E-state index contributed by atoms with van der Waals surface area (Å²) < 4.78 is 14.0. The molecule has 0 aliphatic carbocycles. The van der Waals surface area contributed by atoms with Gasteiger partial charge in [0.05, 0.1) is 29.8 Å². The second-order valence-corrected chi connectivity index (χ2v) is 8.62. The number of rotatable bonds is 11. The van der Waals surface area contributed by atoms with Crippen molar-refractivity contribution in [2.45, 2.75) is 53.0 Å². The number of allylic oxidation sites excluding steroid dienone is 4. The maximum Gasteiger partial charge on any atom is 0.291 e. The van der Waals surface area contributed by atoms with Gasteiger partial charge in [-0.05, 0) is 62.8 Å². The molecular weight excluding hydrogens is 457 g/mol. The Hall–Kier alpha value is -3.75. The summed E-state index contributed by atoms with van der Waals surface area (Å²) in [7, 11) is 0. The van der Waals surface area contributed by atoms with E-state index in [2.05, 4.69) is 25.4 Å². The largest absolute Gasteiger partial charge is 0.371 e. The number of halogens is 1. The first kappa shape index (κ1) is 26.8. The number of hydrogen-bond acceptors (Lipinski definition) is 6. The molecule has 0 bridgehead atoms. The molecular formula is C27H36FN7O. The summed E-state index contributed by atoms with van der Waals surface area (Å²) in [6, 6.07) is 3.89. The molecule has 0 unspecified atom stereocenters. The van der Waals surface area contributed by atoms with Gasteiger partial charge < -0.3 is 15.2 Å². The van der Waals surface area contributed by atoms with Crippen LogP contribution in [0.1, 0.15) is 68.3 Å². The molecule has 9 heteroatoms. The van der Waals surface area contributed by atoms with Crippen LogP contribution < -0.4 is 5.32 Å². The minimum absolute atomic E-state index is 0.160. The van der Waals surface area contributed by atoms with Crippen molar-refractivity contribution in [3.05, 3.63) is 77.6 Å². The number of hydrogen-bond donors (Lipinski definition) is 2. The minimum Gasteiger partial charge on any atom is -0.371 e. The van der Waals surface area contributed by atoms with E-state index in [0.29, 0.717) is 23.6 Å². The van der Waals surface area contributed by atoms with Crippen LogP contribution in [0.3, 0.4) is 0 Å². The Morgan fingerprint density at radius 1 is 1.31 bits per heavy atom. The zero-order valence-electron chi connectivity index (χ0n) is 21.4. The topological polar surface area (TPSA) is 89.5 Å². The third kappa shape index (κ3) is 7.63. The van der Waals surface area contributed by atoms with E-state index in [0.717, 1.165) is 49.9 Å². The smallest absolute Gasteiger partial charge is 0.291 e. The molecule has 8 nitrogen and oxygen atoms in total. The lowest BCUT2D eigenvalue weighted by molar-refractivity contribution is 0.0955. The Morgan fingerprint density at radius 2 is 2.11 bits per heavy atom. The van der Waals surface area contributed by atoms with E-state index in [1.54, 1.807) is 24.5 Å². The van der Waals surface area contributed by atoms with Crippen molar-refractivity contribution < 1.29 is 9.18 Å². The highest BCUT2D eigenvalue weighted by atomic mass is 19.1. The van der Waals surface area contributed by atoms with Crippen molar-refractivity contribution in [2.75, 3.05) is 19.8 Å². The van der Waals surface area contributed by atoms with Crippen LogP contribution >= 0.6 is 0 Å². The Bertz CT molecular complexity index is 1100. The highest BCUT2D eigenvalue weighted by Crippen LogP contribution is 2.19. The number of aromatic nitrogens is 3. The lowest BCUT2D eigenvalue weighted by atomic mass is 10.1. The second kappa shape index (κ2) is 14.0. The van der Waals surface area contributed by atoms with E-state index < -0.39 is 12.6 Å². The number of hydrazone groups is 1. The minimum atomic E-state index is -0.643. The Balaban J connectivity index is 1.77. The van der Waals surface area contributed by atoms with Crippen molar-refractivity contribution in [3.63, 3.8) is 0 Å². The van der Waals surface area contributed by atoms with Crippen molar-refractivity contribution >= 4 is 17.7 Å². The van der Waals surface area contributed by atoms with Crippen molar-refractivity contribution in [2.24, 2.45) is 5.10 Å². The van der Waals surface area contributed by atoms with Crippen LogP contribution in [0.15, 0.2) is 65.6 Å². The molecule has 1 fully saturated rings. The van der Waals surface area contributed by atoms with Gasteiger partial charge in [0, 0.05) is 37.9 Å². The molecule has 0 atom stereocenters. The third-order valence-electron chi connectivity index (χ3n) is 5.80. The lowest BCUT2D eigenvalue weighted by Crippen LogP contribution is -2.34. The number of carbonyl (C=O) groups excluding carboxylic acids is 1. The zero-order valence-corrected chi connectivity index (χ0v) is 21.4. The normalized spacial score (nSPS) is 15.4. The van der Waals surface area contributed by atoms with Gasteiger partial charge >= 0.3 is 0 Å². The van der Waals surface area contributed by atoms with E-state index in [-0.39, 0.29) is 5.82 Å². The number of H-pyrrole nitrogens is 1. The summed E-state index contributed by atoms with van der Waals surface area (Å²) >= 11 is 0. The molecule has 1 saturated heterocycles. The number of nitrogens with zero attached hydrogens (tertiary/aromatic N) is 5. The fourth-order valence-corrected chi connectivity index (χ4v) is 3.96. The van der Waals surface area contributed by atoms with Gasteiger partial charge in [-0.2, -0.15) is 5.10 Å². The Kier molecular flexibility index (Phi) is 10.4. The number of amides is 1. The number of piperidine rings is 1. The molecule has 3 rings (SSSR count). The van der Waals surface area contributed by atoms with Crippen LogP contribution in [0.25, 0.3) is 5.57 Å². The quantitative estimate of drug-likeness (QED) is 0.260. The number of likely N-dealkylation sites (tertiary alicyclic amines) is 1. The van der Waals surface area contributed by atoms with Gasteiger partial charge in [0.1, 0.15) is 6.67 Å². The number of carbonyl (C=O) groups is 1. The summed E-state index contributed by atoms with van der Waals surface area (Å²) in [6.07, 6.45) is 16.4. The van der Waals surface area contributed by atoms with E-state index in [1.165, 1.54) is 0 Å². The van der Waals surface area contributed by atoms with Gasteiger partial charge in [0.25, 0.3) is 5.91 Å². The first-order valence-corrected chi connectivity index (χ1v) is 12.5. The van der Waals surface area contributed by atoms with Gasteiger partial charge in [-0.1, -0.05) is 19.1 Å². The monoisotopic (exact) mass is 493 g/mol. The molecule has 1 aliphatic heterocycles. The molecule has 1 amide bonds. The van der Waals surface area contributed by atoms with Crippen molar-refractivity contribution in [1.82, 2.24) is 30.2 Å².